The molecule has 2 aliphatic carbocycles. The zero-order valence-corrected chi connectivity index (χ0v) is 15.9. The summed E-state index contributed by atoms with van der Waals surface area (Å²) < 4.78 is 6.18. The summed E-state index contributed by atoms with van der Waals surface area (Å²) in [5.74, 6) is 3.02. The molecule has 1 aliphatic heterocycles. The van der Waals surface area contributed by atoms with E-state index in [1.807, 2.05) is 6.20 Å². The lowest BCUT2D eigenvalue weighted by Gasteiger charge is -2.24. The van der Waals surface area contributed by atoms with Crippen molar-refractivity contribution in [3.8, 4) is 0 Å². The molecule has 5 rings (SSSR count). The molecule has 0 amide bonds. The molecule has 0 radical (unpaired) electrons. The largest absolute Gasteiger partial charge is 0.424 e. The van der Waals surface area contributed by atoms with Crippen molar-refractivity contribution in [2.45, 2.75) is 63.7 Å². The van der Waals surface area contributed by atoms with Crippen LogP contribution in [0.25, 0.3) is 0 Å². The predicted molar refractivity (Wildman–Crippen MR) is 99.1 cm³/mol. The number of aromatic nitrogens is 3. The number of aryl methyl sites for hydroxylation is 2. The van der Waals surface area contributed by atoms with Gasteiger partial charge >= 0.3 is 0 Å². The Morgan fingerprint density at radius 2 is 2.12 bits per heavy atom. The fourth-order valence-corrected chi connectivity index (χ4v) is 5.11. The van der Waals surface area contributed by atoms with Gasteiger partial charge in [0.2, 0.25) is 11.8 Å². The fourth-order valence-electron chi connectivity index (χ4n) is 5.11. The molecule has 2 aromatic heterocycles. The van der Waals surface area contributed by atoms with Crippen molar-refractivity contribution in [3.05, 3.63) is 40.9 Å². The van der Waals surface area contributed by atoms with Crippen molar-refractivity contribution in [2.75, 3.05) is 19.6 Å². The highest BCUT2D eigenvalue weighted by Gasteiger charge is 2.54. The molecule has 2 atom stereocenters. The van der Waals surface area contributed by atoms with E-state index < -0.39 is 0 Å². The third kappa shape index (κ3) is 2.77. The van der Waals surface area contributed by atoms with Gasteiger partial charge in [0.25, 0.3) is 0 Å². The van der Waals surface area contributed by atoms with Gasteiger partial charge in [-0.05, 0) is 56.6 Å². The van der Waals surface area contributed by atoms with E-state index in [1.54, 1.807) is 0 Å². The average molecular weight is 352 g/mol. The van der Waals surface area contributed by atoms with E-state index in [2.05, 4.69) is 40.0 Å². The van der Waals surface area contributed by atoms with Crippen LogP contribution in [-0.2, 0) is 11.8 Å². The molecule has 0 spiro atoms. The number of pyridine rings is 1. The highest BCUT2D eigenvalue weighted by atomic mass is 16.4. The molecule has 3 aliphatic rings. The molecule has 138 valence electrons. The third-order valence-electron chi connectivity index (χ3n) is 6.72. The Kier molecular flexibility index (Phi) is 3.89. The summed E-state index contributed by atoms with van der Waals surface area (Å²) in [5.41, 5.74) is 3.89. The molecule has 2 saturated carbocycles. The number of rotatable bonds is 5. The maximum absolute atomic E-state index is 6.18. The normalized spacial score (nSPS) is 28.6. The van der Waals surface area contributed by atoms with E-state index in [9.17, 15) is 0 Å². The van der Waals surface area contributed by atoms with Crippen molar-refractivity contribution in [1.29, 1.82) is 0 Å². The fraction of sp³-hybridized carbons (Fsp3) is 0.667. The second kappa shape index (κ2) is 6.15. The molecular weight excluding hydrogens is 324 g/mol. The van der Waals surface area contributed by atoms with Crippen LogP contribution < -0.4 is 0 Å². The molecule has 0 aromatic carbocycles. The maximum atomic E-state index is 6.18. The zero-order chi connectivity index (χ0) is 17.7. The van der Waals surface area contributed by atoms with Crippen LogP contribution in [0.1, 0.15) is 66.6 Å². The van der Waals surface area contributed by atoms with Crippen molar-refractivity contribution in [2.24, 2.45) is 5.92 Å². The predicted octanol–water partition coefficient (Wildman–Crippen LogP) is 3.56. The molecule has 26 heavy (non-hydrogen) atoms. The van der Waals surface area contributed by atoms with E-state index in [-0.39, 0.29) is 5.41 Å². The van der Waals surface area contributed by atoms with Gasteiger partial charge in [0.05, 0.1) is 5.41 Å². The summed E-state index contributed by atoms with van der Waals surface area (Å²) in [7, 11) is 0. The van der Waals surface area contributed by atoms with Crippen LogP contribution in [0, 0.1) is 19.8 Å². The summed E-state index contributed by atoms with van der Waals surface area (Å²) in [4.78, 5) is 7.25. The first kappa shape index (κ1) is 16.4. The first-order valence-corrected chi connectivity index (χ1v) is 10.1. The molecule has 5 heteroatoms. The Balaban J connectivity index is 1.30. The Morgan fingerprint density at radius 3 is 2.92 bits per heavy atom. The molecule has 3 heterocycles. The van der Waals surface area contributed by atoms with Crippen LogP contribution in [0.3, 0.4) is 0 Å². The van der Waals surface area contributed by atoms with Crippen molar-refractivity contribution >= 4 is 0 Å². The van der Waals surface area contributed by atoms with Gasteiger partial charge in [-0.15, -0.1) is 10.2 Å². The monoisotopic (exact) mass is 352 g/mol. The summed E-state index contributed by atoms with van der Waals surface area (Å²) in [5, 5.41) is 8.88. The smallest absolute Gasteiger partial charge is 0.224 e. The van der Waals surface area contributed by atoms with Gasteiger partial charge in [0.15, 0.2) is 0 Å². The highest BCUT2D eigenvalue weighted by molar-refractivity contribution is 5.24. The quantitative estimate of drug-likeness (QED) is 0.823. The topological polar surface area (TPSA) is 55.1 Å². The average Bonchev–Trinajstić information content (AvgIpc) is 3.04. The maximum Gasteiger partial charge on any atom is 0.224 e. The molecule has 0 bridgehead atoms. The van der Waals surface area contributed by atoms with Gasteiger partial charge in [0.1, 0.15) is 0 Å². The summed E-state index contributed by atoms with van der Waals surface area (Å²) in [6.45, 7) is 7.57. The standard InChI is InChI=1S/C21H28N4O/c1-14-10-15(2)18(22-11-14)7-9-25-12-17-4-3-8-21(17,13-25)20-24-23-19(26-20)16-5-6-16/h10-11,16-17H,3-9,12-13H2,1-2H3/t17-,21-/m0/s1. The van der Waals surface area contributed by atoms with Crippen LogP contribution in [0.2, 0.25) is 0 Å². The first-order valence-electron chi connectivity index (χ1n) is 10.1. The Hall–Kier alpha value is -1.75. The van der Waals surface area contributed by atoms with Gasteiger partial charge in [-0.1, -0.05) is 12.5 Å². The van der Waals surface area contributed by atoms with E-state index in [1.165, 1.54) is 48.9 Å². The molecule has 0 N–H and O–H groups in total. The lowest BCUT2D eigenvalue weighted by Crippen LogP contribution is -2.33. The summed E-state index contributed by atoms with van der Waals surface area (Å²) in [6, 6.07) is 2.24. The Bertz CT molecular complexity index is 812. The van der Waals surface area contributed by atoms with Gasteiger partial charge in [-0.25, -0.2) is 0 Å². The molecule has 2 aromatic rings. The van der Waals surface area contributed by atoms with E-state index in [4.69, 9.17) is 4.42 Å². The Labute approximate surface area is 155 Å². The van der Waals surface area contributed by atoms with Gasteiger partial charge < -0.3 is 9.32 Å². The zero-order valence-electron chi connectivity index (χ0n) is 15.9. The number of hydrogen-bond acceptors (Lipinski definition) is 5. The van der Waals surface area contributed by atoms with Crippen LogP contribution in [0.4, 0.5) is 0 Å². The first-order chi connectivity index (χ1) is 12.6. The SMILES string of the molecule is Cc1cnc(CCN2C[C@@H]3CCC[C@]3(c3nnc(C4CC4)o3)C2)c(C)c1. The van der Waals surface area contributed by atoms with Crippen molar-refractivity contribution in [3.63, 3.8) is 0 Å². The summed E-state index contributed by atoms with van der Waals surface area (Å²) >= 11 is 0. The summed E-state index contributed by atoms with van der Waals surface area (Å²) in [6.07, 6.45) is 9.21. The van der Waals surface area contributed by atoms with Gasteiger partial charge in [-0.2, -0.15) is 0 Å². The van der Waals surface area contributed by atoms with Gasteiger partial charge in [0, 0.05) is 43.9 Å². The van der Waals surface area contributed by atoms with Crippen LogP contribution in [-0.4, -0.2) is 39.7 Å². The Morgan fingerprint density at radius 1 is 1.23 bits per heavy atom. The second-order valence-corrected chi connectivity index (χ2v) is 8.73. The minimum atomic E-state index is 0.107. The van der Waals surface area contributed by atoms with E-state index in [0.29, 0.717) is 11.8 Å². The molecule has 5 nitrogen and oxygen atoms in total. The molecule has 0 unspecified atom stereocenters. The van der Waals surface area contributed by atoms with Crippen LogP contribution in [0.15, 0.2) is 16.7 Å². The lowest BCUT2D eigenvalue weighted by atomic mass is 9.80. The molecular formula is C21H28N4O. The van der Waals surface area contributed by atoms with Crippen LogP contribution in [0.5, 0.6) is 0 Å². The highest BCUT2D eigenvalue weighted by Crippen LogP contribution is 2.51. The minimum absolute atomic E-state index is 0.107. The van der Waals surface area contributed by atoms with Crippen molar-refractivity contribution in [1.82, 2.24) is 20.1 Å². The number of fused-ring (bicyclic) bond motifs is 1. The van der Waals surface area contributed by atoms with E-state index in [0.717, 1.165) is 37.8 Å². The number of hydrogen-bond donors (Lipinski definition) is 0. The minimum Gasteiger partial charge on any atom is -0.424 e. The number of nitrogens with zero attached hydrogens (tertiary/aromatic N) is 4. The molecule has 1 saturated heterocycles. The number of likely N-dealkylation sites (tertiary alicyclic amines) is 1. The van der Waals surface area contributed by atoms with Gasteiger partial charge in [-0.3, -0.25) is 4.98 Å². The van der Waals surface area contributed by atoms with Crippen molar-refractivity contribution < 1.29 is 4.42 Å². The molecule has 3 fully saturated rings. The lowest BCUT2D eigenvalue weighted by molar-refractivity contribution is 0.268. The second-order valence-electron chi connectivity index (χ2n) is 8.73. The van der Waals surface area contributed by atoms with Crippen LogP contribution >= 0.6 is 0 Å². The van der Waals surface area contributed by atoms with E-state index >= 15 is 0 Å². The third-order valence-corrected chi connectivity index (χ3v) is 6.72.